The van der Waals surface area contributed by atoms with Gasteiger partial charge < -0.3 is 15.8 Å². The van der Waals surface area contributed by atoms with Crippen LogP contribution < -0.4 is 15.8 Å². The molecule has 2 aliphatic rings. The summed E-state index contributed by atoms with van der Waals surface area (Å²) in [5.74, 6) is -0.397. The number of carbonyl (C=O) groups excluding carboxylic acids is 2. The Bertz CT molecular complexity index is 1120. The van der Waals surface area contributed by atoms with Crippen LogP contribution in [0.3, 0.4) is 0 Å². The molecule has 0 saturated carbocycles. The maximum Gasteiger partial charge on any atom is 0.261 e. The Morgan fingerprint density at radius 1 is 1.39 bits per heavy atom. The van der Waals surface area contributed by atoms with E-state index in [1.54, 1.807) is 42.2 Å². The van der Waals surface area contributed by atoms with Gasteiger partial charge in [-0.25, -0.2) is 4.99 Å². The molecular weight excluding hydrogens is 446 g/mol. The average Bonchev–Trinajstić information content (AvgIpc) is 2.74. The van der Waals surface area contributed by atoms with Crippen molar-refractivity contribution in [2.24, 2.45) is 10.7 Å². The second kappa shape index (κ2) is 8.99. The first-order valence-electron chi connectivity index (χ1n) is 10.8. The molecule has 10 heteroatoms. The summed E-state index contributed by atoms with van der Waals surface area (Å²) in [6.45, 7) is 4.36. The van der Waals surface area contributed by atoms with Gasteiger partial charge in [-0.3, -0.25) is 19.7 Å². The summed E-state index contributed by atoms with van der Waals surface area (Å²) in [7, 11) is 0. The van der Waals surface area contributed by atoms with Crippen LogP contribution in [0.4, 0.5) is 5.69 Å². The predicted octanol–water partition coefficient (Wildman–Crippen LogP) is 2.45. The zero-order chi connectivity index (χ0) is 23.8. The lowest BCUT2D eigenvalue weighted by Gasteiger charge is -2.41. The summed E-state index contributed by atoms with van der Waals surface area (Å²) in [6.07, 6.45) is 4.24. The number of hydrogen-bond donors (Lipinski definition) is 3. The number of ether oxygens (including phenoxy) is 1. The van der Waals surface area contributed by atoms with E-state index in [4.69, 9.17) is 27.1 Å². The molecular formula is C23H27ClN5O4+. The number of guanidine groups is 1. The average molecular weight is 473 g/mol. The van der Waals surface area contributed by atoms with Crippen LogP contribution in [0.1, 0.15) is 49.0 Å². The van der Waals surface area contributed by atoms with Crippen LogP contribution in [-0.4, -0.2) is 46.6 Å². The fraction of sp³-hybridized carbons (Fsp3) is 0.391. The number of nitrogens with zero attached hydrogens (tertiary/aromatic N) is 3. The number of amides is 2. The Labute approximate surface area is 196 Å². The number of pyridine rings is 1. The van der Waals surface area contributed by atoms with Crippen molar-refractivity contribution in [1.82, 2.24) is 4.90 Å². The minimum Gasteiger partial charge on any atom is -0.378 e. The number of carbonyl (C=O) groups is 2. The van der Waals surface area contributed by atoms with Gasteiger partial charge in [-0.2, -0.15) is 0 Å². The van der Waals surface area contributed by atoms with Gasteiger partial charge in [0.15, 0.2) is 5.96 Å². The van der Waals surface area contributed by atoms with Gasteiger partial charge in [0.25, 0.3) is 5.91 Å². The van der Waals surface area contributed by atoms with Crippen molar-refractivity contribution in [2.75, 3.05) is 11.9 Å². The zero-order valence-electron chi connectivity index (χ0n) is 18.5. The molecule has 1 aromatic carbocycles. The standard InChI is InChI=1S/C23H26ClN5O4/c1-14-11-16(8-10-33-14)29-19(30)12-23(2,27-22(29)25)17-6-3-7-18(20(17)24)26-21(31)15-5-4-9-28(32)13-15/h3-7,9,13-14,16H,8,10-12H2,1-2H3,(H3-,25,26,27,31,32)/p+1/t14-,16-,23+/m1/s1. The Morgan fingerprint density at radius 2 is 2.18 bits per heavy atom. The van der Waals surface area contributed by atoms with Gasteiger partial charge in [0.1, 0.15) is 5.56 Å². The van der Waals surface area contributed by atoms with Gasteiger partial charge in [0.05, 0.1) is 28.8 Å². The van der Waals surface area contributed by atoms with Gasteiger partial charge in [0, 0.05) is 29.0 Å². The van der Waals surface area contributed by atoms with Crippen molar-refractivity contribution in [3.05, 3.63) is 58.9 Å². The molecule has 0 bridgehead atoms. The van der Waals surface area contributed by atoms with Gasteiger partial charge in [0.2, 0.25) is 18.3 Å². The van der Waals surface area contributed by atoms with Crippen molar-refractivity contribution in [2.45, 2.75) is 50.8 Å². The minimum atomic E-state index is -0.979. The molecule has 4 N–H and O–H groups in total. The third-order valence-corrected chi connectivity index (χ3v) is 6.48. The normalized spacial score (nSPS) is 25.5. The molecule has 3 heterocycles. The molecule has 1 aromatic heterocycles. The highest BCUT2D eigenvalue weighted by Gasteiger charge is 2.42. The summed E-state index contributed by atoms with van der Waals surface area (Å²) in [5, 5.41) is 12.6. The molecule has 2 aromatic rings. The maximum absolute atomic E-state index is 13.2. The lowest BCUT2D eigenvalue weighted by atomic mass is 9.86. The van der Waals surface area contributed by atoms with Gasteiger partial charge >= 0.3 is 0 Å². The van der Waals surface area contributed by atoms with E-state index in [1.165, 1.54) is 12.4 Å². The molecule has 3 atom stereocenters. The van der Waals surface area contributed by atoms with E-state index in [2.05, 4.69) is 5.32 Å². The third kappa shape index (κ3) is 4.65. The number of halogens is 1. The number of nitrogens with two attached hydrogens (primary N) is 1. The van der Waals surface area contributed by atoms with E-state index in [1.807, 2.05) is 6.92 Å². The highest BCUT2D eigenvalue weighted by molar-refractivity contribution is 6.35. The molecule has 2 amide bonds. The molecule has 1 fully saturated rings. The lowest BCUT2D eigenvalue weighted by Crippen LogP contribution is -2.56. The Kier molecular flexibility index (Phi) is 6.27. The number of anilines is 1. The van der Waals surface area contributed by atoms with Crippen molar-refractivity contribution in [3.8, 4) is 0 Å². The molecule has 4 rings (SSSR count). The summed E-state index contributed by atoms with van der Waals surface area (Å²) in [6, 6.07) is 8.24. The van der Waals surface area contributed by atoms with E-state index in [9.17, 15) is 14.8 Å². The Morgan fingerprint density at radius 3 is 2.88 bits per heavy atom. The fourth-order valence-corrected chi connectivity index (χ4v) is 4.82. The van der Waals surface area contributed by atoms with Gasteiger partial charge in [-0.15, -0.1) is 0 Å². The molecule has 0 radical (unpaired) electrons. The first-order chi connectivity index (χ1) is 15.7. The molecule has 9 nitrogen and oxygen atoms in total. The van der Waals surface area contributed by atoms with Crippen LogP contribution >= 0.6 is 11.6 Å². The molecule has 0 aliphatic carbocycles. The first-order valence-corrected chi connectivity index (χ1v) is 11.2. The second-order valence-electron chi connectivity index (χ2n) is 8.64. The molecule has 174 valence electrons. The topological polar surface area (TPSA) is 121 Å². The SMILES string of the molecule is C[C@@H]1C[C@H](N2C(=O)C[C@@](C)(c3cccc(NC(=O)c4ccc[n+](O)c4)c3Cl)N=C2N)CCO1. The van der Waals surface area contributed by atoms with Crippen LogP contribution in [0.5, 0.6) is 0 Å². The number of nitrogens with one attached hydrogen (secondary N) is 1. The highest BCUT2D eigenvalue weighted by atomic mass is 35.5. The predicted molar refractivity (Wildman–Crippen MR) is 122 cm³/mol. The van der Waals surface area contributed by atoms with Crippen molar-refractivity contribution in [3.63, 3.8) is 0 Å². The number of hydrogen-bond acceptors (Lipinski definition) is 6. The molecule has 0 unspecified atom stereocenters. The van der Waals surface area contributed by atoms with Crippen molar-refractivity contribution >= 4 is 35.1 Å². The molecule has 33 heavy (non-hydrogen) atoms. The smallest absolute Gasteiger partial charge is 0.261 e. The highest BCUT2D eigenvalue weighted by Crippen LogP contribution is 2.41. The largest absolute Gasteiger partial charge is 0.378 e. The summed E-state index contributed by atoms with van der Waals surface area (Å²) in [5.41, 5.74) is 6.53. The van der Waals surface area contributed by atoms with E-state index in [0.29, 0.717) is 30.7 Å². The Hall–Kier alpha value is -3.17. The molecule has 1 saturated heterocycles. The fourth-order valence-electron chi connectivity index (χ4n) is 4.45. The second-order valence-corrected chi connectivity index (χ2v) is 9.02. The lowest BCUT2D eigenvalue weighted by molar-refractivity contribution is -0.904. The minimum absolute atomic E-state index is 0.0456. The number of rotatable bonds is 4. The van der Waals surface area contributed by atoms with E-state index < -0.39 is 11.4 Å². The molecule has 0 spiro atoms. The maximum atomic E-state index is 13.2. The van der Waals surface area contributed by atoms with Gasteiger partial charge in [-0.05, 0) is 38.8 Å². The number of aromatic nitrogens is 1. The Balaban J connectivity index is 1.61. The van der Waals surface area contributed by atoms with Crippen LogP contribution in [0.25, 0.3) is 0 Å². The summed E-state index contributed by atoms with van der Waals surface area (Å²) < 4.78 is 6.39. The number of aliphatic imine (C=N–C) groups is 1. The first kappa shape index (κ1) is 23.0. The quantitative estimate of drug-likeness (QED) is 0.466. The van der Waals surface area contributed by atoms with E-state index in [-0.39, 0.29) is 41.0 Å². The summed E-state index contributed by atoms with van der Waals surface area (Å²) in [4.78, 5) is 32.1. The number of benzene rings is 1. The van der Waals surface area contributed by atoms with Crippen molar-refractivity contribution < 1.29 is 24.3 Å². The van der Waals surface area contributed by atoms with Crippen LogP contribution in [-0.2, 0) is 15.1 Å². The third-order valence-electron chi connectivity index (χ3n) is 6.07. The zero-order valence-corrected chi connectivity index (χ0v) is 19.2. The van der Waals surface area contributed by atoms with Crippen molar-refractivity contribution in [1.29, 1.82) is 0 Å². The van der Waals surface area contributed by atoms with E-state index in [0.717, 1.165) is 4.73 Å². The van der Waals surface area contributed by atoms with E-state index >= 15 is 0 Å². The van der Waals surface area contributed by atoms with Crippen LogP contribution in [0.2, 0.25) is 5.02 Å². The van der Waals surface area contributed by atoms with Crippen LogP contribution in [0.15, 0.2) is 47.7 Å². The monoisotopic (exact) mass is 472 g/mol. The van der Waals surface area contributed by atoms with Gasteiger partial charge in [-0.1, -0.05) is 23.7 Å². The van der Waals surface area contributed by atoms with Crippen LogP contribution in [0, 0.1) is 0 Å². The molecule has 2 aliphatic heterocycles. The summed E-state index contributed by atoms with van der Waals surface area (Å²) >= 11 is 6.67.